The van der Waals surface area contributed by atoms with E-state index in [0.29, 0.717) is 107 Å². The van der Waals surface area contributed by atoms with Gasteiger partial charge in [0.2, 0.25) is 0 Å². The molecule has 0 radical (unpaired) electrons. The van der Waals surface area contributed by atoms with E-state index in [0.717, 1.165) is 128 Å². The number of hydrogen-bond donors (Lipinski definition) is 3. The second-order valence-electron chi connectivity index (χ2n) is 36.2. The summed E-state index contributed by atoms with van der Waals surface area (Å²) in [5, 5.41) is 28.1. The van der Waals surface area contributed by atoms with Crippen molar-refractivity contribution >= 4 is 88.1 Å². The lowest BCUT2D eigenvalue weighted by atomic mass is 9.73. The number of rotatable bonds is 39. The zero-order valence-corrected chi connectivity index (χ0v) is 86.0. The van der Waals surface area contributed by atoms with E-state index < -0.39 is 66.8 Å². The number of halogens is 7. The molecule has 3 N–H and O–H groups in total. The molecule has 7 fully saturated rings. The Labute approximate surface area is 842 Å². The van der Waals surface area contributed by atoms with Crippen LogP contribution in [0.5, 0.6) is 0 Å². The van der Waals surface area contributed by atoms with Crippen molar-refractivity contribution in [1.29, 1.82) is 0 Å². The molecule has 7 aliphatic heterocycles. The first-order valence-electron chi connectivity index (χ1n) is 49.4. The van der Waals surface area contributed by atoms with E-state index >= 15 is 0 Å². The molecule has 0 aromatic heterocycles. The van der Waals surface area contributed by atoms with Crippen LogP contribution < -0.4 is 38.2 Å². The Hall–Kier alpha value is -6.62. The van der Waals surface area contributed by atoms with Gasteiger partial charge in [-0.05, 0) is 322 Å². The summed E-state index contributed by atoms with van der Waals surface area (Å²) in [4.78, 5) is 0. The zero-order valence-electron chi connectivity index (χ0n) is 86.0. The molecule has 0 saturated carbocycles. The van der Waals surface area contributed by atoms with E-state index in [4.69, 9.17) is 118 Å². The number of ether oxygens (including phenoxy) is 14. The molecule has 0 amide bonds. The van der Waals surface area contributed by atoms with E-state index in [1.807, 2.05) is 83.1 Å². The Kier molecular flexibility index (Phi) is 55.0. The molecule has 28 nitrogen and oxygen atoms in total. The predicted molar refractivity (Wildman–Crippen MR) is 533 cm³/mol. The summed E-state index contributed by atoms with van der Waals surface area (Å²) in [6.45, 7) is 36.8. The van der Waals surface area contributed by atoms with Crippen molar-refractivity contribution in [3.05, 3.63) is 207 Å². The van der Waals surface area contributed by atoms with Gasteiger partial charge in [-0.3, -0.25) is 0 Å². The molecule has 7 aromatic carbocycles. The van der Waals surface area contributed by atoms with Gasteiger partial charge >= 0.3 is 49.8 Å². The summed E-state index contributed by atoms with van der Waals surface area (Å²) in [6, 6.07) is 30.7. The SMILES string of the molecule is CCOC(C)OCc1cc(F)ccc1B1OC(C)(C)C(C)(C)O1.CCOC(C)OCc1cc(F)ccc1B1OCC(C)(C)CO1.CCOC(C)OCc1cc(F)ccc1B1OCCCCO1.CCOC(C)OCc1cc(F)ccc1B1OCCCO1.COB(O)c1ccc(F)cc1COC1CCCCO1.COB(OC)c1ccc(F)cc1COC1CCCCO1.OB(O)c1ccc(F)cc1COC1CCCCO1. The maximum atomic E-state index is 13.6. The Bertz CT molecular complexity index is 4730. The van der Waals surface area contributed by atoms with Gasteiger partial charge in [-0.15, -0.1) is 0 Å². The first kappa shape index (κ1) is 122. The van der Waals surface area contributed by atoms with Gasteiger partial charge in [0.15, 0.2) is 44.0 Å². The fourth-order valence-corrected chi connectivity index (χ4v) is 15.4. The van der Waals surface area contributed by atoms with Crippen LogP contribution in [0, 0.1) is 46.1 Å². The van der Waals surface area contributed by atoms with E-state index in [-0.39, 0.29) is 136 Å². The van der Waals surface area contributed by atoms with Crippen LogP contribution in [-0.2, 0) is 164 Å². The fraction of sp³-hybridized carbons (Fsp3) is 0.584. The minimum Gasteiger partial charge on any atom is -0.423 e. The van der Waals surface area contributed by atoms with Crippen LogP contribution in [0.2, 0.25) is 0 Å². The van der Waals surface area contributed by atoms with Crippen molar-refractivity contribution in [2.75, 3.05) is 107 Å². The van der Waals surface area contributed by atoms with Crippen LogP contribution in [-0.4, -0.2) is 227 Å². The van der Waals surface area contributed by atoms with Crippen LogP contribution in [0.25, 0.3) is 0 Å². The normalized spacial score (nSPS) is 19.0. The van der Waals surface area contributed by atoms with Crippen LogP contribution in [0.4, 0.5) is 30.7 Å². The molecule has 7 aromatic rings. The van der Waals surface area contributed by atoms with Crippen molar-refractivity contribution < 1.29 is 163 Å². The highest BCUT2D eigenvalue weighted by molar-refractivity contribution is 6.64. The molecule has 42 heteroatoms. The Morgan fingerprint density at radius 3 is 0.895 bits per heavy atom. The molecule has 7 atom stereocenters. The standard InChI is InChI=1S/C17H26BFO4.C16H24BFO4.C15H22BFO4.2C14H20BFO4.C13H18BFO4.C12H16BFO4/c1-7-20-12(2)21-11-13-10-14(19)8-9-15(13)18-22-16(3,4)17(5,6)23-18;1-5-19-12(2)20-9-13-8-14(18)6-7-15(13)17-21-10-16(3,4)11-22-17;1-3-18-12(2)19-11-13-10-14(17)6-7-15(13)16-20-8-4-5-9-21-16;1-17-15(18-2)13-7-6-12(16)9-11(13)10-20-14-5-3-4-8-19-14;1-3-17-11(2)18-10-12-9-13(16)5-6-14(12)15-19-7-4-8-20-15;1-17-14(16)12-6-5-11(15)8-10(12)9-19-13-4-2-3-7-18-13;14-10-4-5-11(13(15)16)9(7-10)8-18-12-3-1-2-6-17-12/h8-10,12H,7,11H2,1-6H3;6-8,12H,5,9-11H2,1-4H3;6-7,10,12H,3-5,8-9,11H2,1-2H3;6-7,9,14H,3-5,8,10H2,1-2H3;5-6,9,11H,3-4,7-8,10H2,1-2H3;5-6,8,13,16H,2-4,7,9H2,1H3;4-5,7,12,15-16H,1-3,6,8H2. The van der Waals surface area contributed by atoms with Crippen LogP contribution >= 0.6 is 0 Å². The first-order chi connectivity index (χ1) is 68.6. The smallest absolute Gasteiger partial charge is 0.423 e. The van der Waals surface area contributed by atoms with E-state index in [9.17, 15) is 45.8 Å². The van der Waals surface area contributed by atoms with E-state index in [1.165, 1.54) is 104 Å². The maximum absolute atomic E-state index is 13.6. The Morgan fingerprint density at radius 1 is 0.322 bits per heavy atom. The molecule has 0 spiro atoms. The molecule has 143 heavy (non-hydrogen) atoms. The monoisotopic (exact) mass is 2020 g/mol. The van der Waals surface area contributed by atoms with Crippen LogP contribution in [0.1, 0.15) is 213 Å². The van der Waals surface area contributed by atoms with Gasteiger partial charge in [0, 0.05) is 113 Å². The summed E-state index contributed by atoms with van der Waals surface area (Å²) in [6.07, 6.45) is 9.64. The third-order valence-corrected chi connectivity index (χ3v) is 23.8. The second kappa shape index (κ2) is 64.7. The predicted octanol–water partition coefficient (Wildman–Crippen LogP) is 13.2. The minimum atomic E-state index is -1.63. The second-order valence-corrected chi connectivity index (χ2v) is 36.2. The third kappa shape index (κ3) is 42.7. The topological polar surface area (TPSA) is 291 Å². The average Bonchev–Trinajstić information content (AvgIpc) is 1.61. The molecule has 788 valence electrons. The van der Waals surface area contributed by atoms with Crippen molar-refractivity contribution in [1.82, 2.24) is 0 Å². The summed E-state index contributed by atoms with van der Waals surface area (Å²) < 4.78 is 232. The average molecular weight is 2020 g/mol. The van der Waals surface area contributed by atoms with Gasteiger partial charge in [-0.25, -0.2) is 30.7 Å². The Morgan fingerprint density at radius 2 is 0.594 bits per heavy atom. The molecule has 0 bridgehead atoms. The molecule has 7 heterocycles. The fourth-order valence-electron chi connectivity index (χ4n) is 15.4. The summed E-state index contributed by atoms with van der Waals surface area (Å²) >= 11 is 0. The molecule has 14 rings (SSSR count). The lowest BCUT2D eigenvalue weighted by Crippen LogP contribution is -2.48. The molecule has 7 saturated heterocycles. The zero-order chi connectivity index (χ0) is 104. The molecular weight excluding hydrogens is 1870 g/mol. The largest absolute Gasteiger partial charge is 0.495 e. The van der Waals surface area contributed by atoms with E-state index in [1.54, 1.807) is 44.6 Å². The lowest BCUT2D eigenvalue weighted by Gasteiger charge is -2.33. The Balaban J connectivity index is 0.000000204. The van der Waals surface area contributed by atoms with Gasteiger partial charge in [0.05, 0.1) is 57.5 Å². The van der Waals surface area contributed by atoms with Crippen LogP contribution in [0.3, 0.4) is 0 Å². The summed E-state index contributed by atoms with van der Waals surface area (Å²) in [5.74, 6) is -2.31. The molecular formula is C101H146B7F7O28. The van der Waals surface area contributed by atoms with Gasteiger partial charge in [-0.2, -0.15) is 0 Å². The highest BCUT2D eigenvalue weighted by Gasteiger charge is 2.52. The van der Waals surface area contributed by atoms with Crippen LogP contribution in [0.15, 0.2) is 127 Å². The summed E-state index contributed by atoms with van der Waals surface area (Å²) in [7, 11) is -0.651. The highest BCUT2D eigenvalue weighted by atomic mass is 19.2. The molecule has 0 aliphatic carbocycles. The molecule has 7 unspecified atom stereocenters. The van der Waals surface area contributed by atoms with Gasteiger partial charge < -0.3 is 133 Å². The highest BCUT2D eigenvalue weighted by Crippen LogP contribution is 2.37. The summed E-state index contributed by atoms with van der Waals surface area (Å²) in [5.41, 5.74) is 8.48. The maximum Gasteiger partial charge on any atom is 0.495 e. The van der Waals surface area contributed by atoms with E-state index in [2.05, 4.69) is 13.8 Å². The third-order valence-electron chi connectivity index (χ3n) is 23.8. The number of benzene rings is 7. The van der Waals surface area contributed by atoms with Gasteiger partial charge in [-0.1, -0.05) is 56.3 Å². The van der Waals surface area contributed by atoms with Crippen molar-refractivity contribution in [3.8, 4) is 0 Å². The number of hydrogen-bond acceptors (Lipinski definition) is 28. The van der Waals surface area contributed by atoms with Gasteiger partial charge in [0.1, 0.15) is 40.7 Å². The van der Waals surface area contributed by atoms with Crippen molar-refractivity contribution in [2.24, 2.45) is 5.41 Å². The first-order valence-corrected chi connectivity index (χ1v) is 49.4. The van der Waals surface area contributed by atoms with Crippen molar-refractivity contribution in [3.63, 3.8) is 0 Å². The van der Waals surface area contributed by atoms with Gasteiger partial charge in [0.25, 0.3) is 0 Å². The molecule has 7 aliphatic rings. The lowest BCUT2D eigenvalue weighted by molar-refractivity contribution is -0.169. The minimum absolute atomic E-state index is 0.00330. The quantitative estimate of drug-likeness (QED) is 0.0183. The van der Waals surface area contributed by atoms with Crippen molar-refractivity contribution in [2.45, 2.75) is 275 Å².